The van der Waals surface area contributed by atoms with Crippen LogP contribution in [0, 0.1) is 0 Å². The third-order valence-corrected chi connectivity index (χ3v) is 2.68. The summed E-state index contributed by atoms with van der Waals surface area (Å²) < 4.78 is 7.51. The van der Waals surface area contributed by atoms with Gasteiger partial charge in [0.25, 0.3) is 5.91 Å². The first-order valence-electron chi connectivity index (χ1n) is 5.50. The van der Waals surface area contributed by atoms with Crippen molar-refractivity contribution in [2.45, 2.75) is 20.4 Å². The van der Waals surface area contributed by atoms with Crippen molar-refractivity contribution >= 4 is 11.5 Å². The Kier molecular flexibility index (Phi) is 2.99. The van der Waals surface area contributed by atoms with Gasteiger partial charge in [-0.3, -0.25) is 4.79 Å². The molecule has 0 fully saturated rings. The molecule has 0 radical (unpaired) electrons. The summed E-state index contributed by atoms with van der Waals surface area (Å²) in [5, 5.41) is 0. The molecule has 1 aromatic rings. The number of hydrogen-bond donors (Lipinski definition) is 1. The number of ether oxygens (including phenoxy) is 1. The Morgan fingerprint density at radius 2 is 2.29 bits per heavy atom. The van der Waals surface area contributed by atoms with E-state index in [2.05, 4.69) is 4.98 Å². The maximum atomic E-state index is 11.1. The summed E-state index contributed by atoms with van der Waals surface area (Å²) in [5.41, 5.74) is 6.41. The van der Waals surface area contributed by atoms with Gasteiger partial charge in [0.2, 0.25) is 0 Å². The Morgan fingerprint density at radius 1 is 1.53 bits per heavy atom. The molecule has 1 aliphatic rings. The molecule has 1 aromatic heterocycles. The molecule has 0 saturated carbocycles. The summed E-state index contributed by atoms with van der Waals surface area (Å²) in [5.74, 6) is 1.00. The molecule has 0 aromatic carbocycles. The van der Waals surface area contributed by atoms with E-state index in [1.807, 2.05) is 30.6 Å². The Morgan fingerprint density at radius 3 is 2.88 bits per heavy atom. The van der Waals surface area contributed by atoms with E-state index < -0.39 is 5.91 Å². The summed E-state index contributed by atoms with van der Waals surface area (Å²) in [6.45, 7) is 5.03. The number of fused-ring (bicyclic) bond motifs is 1. The van der Waals surface area contributed by atoms with Crippen molar-refractivity contribution in [3.8, 4) is 0 Å². The van der Waals surface area contributed by atoms with E-state index in [-0.39, 0.29) is 5.69 Å². The number of rotatable bonds is 1. The van der Waals surface area contributed by atoms with Crippen molar-refractivity contribution in [3.63, 3.8) is 0 Å². The maximum absolute atomic E-state index is 11.1. The first kappa shape index (κ1) is 11.4. The summed E-state index contributed by atoms with van der Waals surface area (Å²) >= 11 is 0. The molecule has 2 N–H and O–H groups in total. The monoisotopic (exact) mass is 233 g/mol. The minimum Gasteiger partial charge on any atom is -0.491 e. The molecule has 5 heteroatoms. The molecular formula is C12H15N3O2. The van der Waals surface area contributed by atoms with Crippen LogP contribution in [0.5, 0.6) is 0 Å². The second-order valence-corrected chi connectivity index (χ2v) is 3.71. The van der Waals surface area contributed by atoms with Gasteiger partial charge in [-0.15, -0.1) is 0 Å². The molecule has 1 amide bonds. The predicted molar refractivity (Wildman–Crippen MR) is 64.1 cm³/mol. The lowest BCUT2D eigenvalue weighted by Gasteiger charge is -2.06. The van der Waals surface area contributed by atoms with Crippen LogP contribution in [0.25, 0.3) is 5.57 Å². The molecule has 0 aliphatic carbocycles. The van der Waals surface area contributed by atoms with Gasteiger partial charge in [0.1, 0.15) is 23.9 Å². The number of allylic oxidation sites excluding steroid dienone is 3. The van der Waals surface area contributed by atoms with Crippen molar-refractivity contribution in [1.29, 1.82) is 0 Å². The first-order chi connectivity index (χ1) is 8.17. The SMILES string of the molecule is CC=C1OCCn2cc(C(N)=O)nc2C1=CC. The minimum absolute atomic E-state index is 0.289. The Labute approximate surface area is 99.6 Å². The quantitative estimate of drug-likeness (QED) is 0.795. The molecule has 0 bridgehead atoms. The number of nitrogens with two attached hydrogens (primary N) is 1. The van der Waals surface area contributed by atoms with Crippen molar-refractivity contribution in [2.24, 2.45) is 5.73 Å². The van der Waals surface area contributed by atoms with Crippen LogP contribution in [-0.4, -0.2) is 22.1 Å². The van der Waals surface area contributed by atoms with Crippen LogP contribution in [0.2, 0.25) is 0 Å². The van der Waals surface area contributed by atoms with Gasteiger partial charge < -0.3 is 15.0 Å². The van der Waals surface area contributed by atoms with E-state index in [1.54, 1.807) is 6.20 Å². The summed E-state index contributed by atoms with van der Waals surface area (Å²) in [7, 11) is 0. The standard InChI is InChI=1S/C12H15N3O2/c1-3-8-10(4-2)17-6-5-15-7-9(11(13)16)14-12(8)15/h3-4,7H,5-6H2,1-2H3,(H2,13,16). The highest BCUT2D eigenvalue weighted by Crippen LogP contribution is 2.26. The number of aromatic nitrogens is 2. The zero-order chi connectivity index (χ0) is 12.4. The van der Waals surface area contributed by atoms with Crippen LogP contribution in [0.15, 0.2) is 24.1 Å². The predicted octanol–water partition coefficient (Wildman–Crippen LogP) is 1.32. The highest BCUT2D eigenvalue weighted by molar-refractivity contribution is 5.91. The summed E-state index contributed by atoms with van der Waals surface area (Å²) in [6, 6.07) is 0. The number of primary amides is 1. The van der Waals surface area contributed by atoms with Crippen LogP contribution in [0.4, 0.5) is 0 Å². The highest BCUT2D eigenvalue weighted by atomic mass is 16.5. The van der Waals surface area contributed by atoms with E-state index >= 15 is 0 Å². The van der Waals surface area contributed by atoms with Gasteiger partial charge in [-0.05, 0) is 19.9 Å². The van der Waals surface area contributed by atoms with Gasteiger partial charge in [0.15, 0.2) is 0 Å². The largest absolute Gasteiger partial charge is 0.491 e. The molecule has 2 heterocycles. The fraction of sp³-hybridized carbons (Fsp3) is 0.333. The third kappa shape index (κ3) is 1.95. The molecule has 0 saturated heterocycles. The van der Waals surface area contributed by atoms with Crippen LogP contribution in [0.3, 0.4) is 0 Å². The number of imidazole rings is 1. The average Bonchev–Trinajstić information content (AvgIpc) is 2.65. The highest BCUT2D eigenvalue weighted by Gasteiger charge is 2.20. The molecule has 0 atom stereocenters. The second-order valence-electron chi connectivity index (χ2n) is 3.71. The normalized spacial score (nSPS) is 19.9. The van der Waals surface area contributed by atoms with Gasteiger partial charge in [-0.1, -0.05) is 6.08 Å². The van der Waals surface area contributed by atoms with Gasteiger partial charge in [-0.25, -0.2) is 4.98 Å². The topological polar surface area (TPSA) is 70.1 Å². The van der Waals surface area contributed by atoms with Crippen LogP contribution >= 0.6 is 0 Å². The molecule has 2 rings (SSSR count). The van der Waals surface area contributed by atoms with Gasteiger partial charge in [0, 0.05) is 6.20 Å². The zero-order valence-electron chi connectivity index (χ0n) is 9.93. The van der Waals surface area contributed by atoms with Crippen LogP contribution < -0.4 is 5.73 Å². The van der Waals surface area contributed by atoms with E-state index in [0.29, 0.717) is 13.2 Å². The summed E-state index contributed by atoms with van der Waals surface area (Å²) in [4.78, 5) is 15.4. The van der Waals surface area contributed by atoms with Crippen LogP contribution in [0.1, 0.15) is 30.2 Å². The molecule has 0 unspecified atom stereocenters. The fourth-order valence-electron chi connectivity index (χ4n) is 1.87. The number of carbonyl (C=O) groups excluding carboxylic acids is 1. The Bertz CT molecular complexity index is 512. The lowest BCUT2D eigenvalue weighted by molar-refractivity contribution is 0.0995. The number of hydrogen-bond acceptors (Lipinski definition) is 3. The van der Waals surface area contributed by atoms with Crippen molar-refractivity contribution in [3.05, 3.63) is 35.6 Å². The molecule has 5 nitrogen and oxygen atoms in total. The number of nitrogens with zero attached hydrogens (tertiary/aromatic N) is 2. The van der Waals surface area contributed by atoms with E-state index in [4.69, 9.17) is 10.5 Å². The smallest absolute Gasteiger partial charge is 0.268 e. The number of amides is 1. The van der Waals surface area contributed by atoms with Crippen LogP contribution in [-0.2, 0) is 11.3 Å². The lowest BCUT2D eigenvalue weighted by Crippen LogP contribution is -2.11. The molecule has 0 spiro atoms. The summed E-state index contributed by atoms with van der Waals surface area (Å²) in [6.07, 6.45) is 5.48. The lowest BCUT2D eigenvalue weighted by atomic mass is 10.2. The third-order valence-electron chi connectivity index (χ3n) is 2.68. The van der Waals surface area contributed by atoms with Crippen molar-refractivity contribution in [1.82, 2.24) is 9.55 Å². The van der Waals surface area contributed by atoms with Gasteiger partial charge in [-0.2, -0.15) is 0 Å². The minimum atomic E-state index is -0.510. The molecular weight excluding hydrogens is 218 g/mol. The zero-order valence-corrected chi connectivity index (χ0v) is 9.93. The fourth-order valence-corrected chi connectivity index (χ4v) is 1.87. The van der Waals surface area contributed by atoms with Gasteiger partial charge in [0.05, 0.1) is 12.1 Å². The number of carbonyl (C=O) groups is 1. The van der Waals surface area contributed by atoms with E-state index in [0.717, 1.165) is 17.2 Å². The van der Waals surface area contributed by atoms with E-state index in [9.17, 15) is 4.79 Å². The van der Waals surface area contributed by atoms with E-state index in [1.165, 1.54) is 0 Å². The van der Waals surface area contributed by atoms with Gasteiger partial charge >= 0.3 is 0 Å². The Hall–Kier alpha value is -2.04. The molecule has 1 aliphatic heterocycles. The molecule has 17 heavy (non-hydrogen) atoms. The van der Waals surface area contributed by atoms with Crippen molar-refractivity contribution < 1.29 is 9.53 Å². The second kappa shape index (κ2) is 4.45. The van der Waals surface area contributed by atoms with Crippen molar-refractivity contribution in [2.75, 3.05) is 6.61 Å². The average molecular weight is 233 g/mol. The first-order valence-corrected chi connectivity index (χ1v) is 5.50. The Balaban J connectivity index is 2.55. The maximum Gasteiger partial charge on any atom is 0.268 e. The molecule has 90 valence electrons.